The lowest BCUT2D eigenvalue weighted by atomic mass is 10.3. The molecule has 1 aromatic carbocycles. The zero-order chi connectivity index (χ0) is 12.4. The van der Waals surface area contributed by atoms with E-state index in [1.807, 2.05) is 48.8 Å². The Balaban J connectivity index is 2.02. The van der Waals surface area contributed by atoms with E-state index in [0.717, 1.165) is 21.7 Å². The second kappa shape index (κ2) is 4.62. The minimum Gasteiger partial charge on any atom is -0.372 e. The van der Waals surface area contributed by atoms with Crippen molar-refractivity contribution in [2.45, 2.75) is 0 Å². The predicted molar refractivity (Wildman–Crippen MR) is 76.7 cm³/mol. The van der Waals surface area contributed by atoms with Crippen LogP contribution >= 0.6 is 11.3 Å². The van der Waals surface area contributed by atoms with E-state index in [1.54, 1.807) is 11.3 Å². The Morgan fingerprint density at radius 1 is 1.06 bits per heavy atom. The fourth-order valence-electron chi connectivity index (χ4n) is 1.75. The van der Waals surface area contributed by atoms with Gasteiger partial charge in [0.2, 0.25) is 5.95 Å². The minimum atomic E-state index is 0.612. The van der Waals surface area contributed by atoms with Crippen molar-refractivity contribution < 1.29 is 0 Å². The largest absolute Gasteiger partial charge is 0.372 e. The maximum atomic E-state index is 4.50. The highest BCUT2D eigenvalue weighted by Crippen LogP contribution is 2.26. The molecule has 0 atom stereocenters. The monoisotopic (exact) mass is 256 g/mol. The zero-order valence-electron chi connectivity index (χ0n) is 9.84. The molecule has 0 saturated heterocycles. The number of aromatic nitrogens is 2. The first kappa shape index (κ1) is 11.0. The molecule has 0 aliphatic heterocycles. The van der Waals surface area contributed by atoms with E-state index < -0.39 is 0 Å². The lowest BCUT2D eigenvalue weighted by Gasteiger charge is -2.07. The van der Waals surface area contributed by atoms with Crippen LogP contribution in [0.2, 0.25) is 0 Å². The van der Waals surface area contributed by atoms with Crippen LogP contribution in [-0.2, 0) is 0 Å². The van der Waals surface area contributed by atoms with Gasteiger partial charge >= 0.3 is 0 Å². The topological polar surface area (TPSA) is 49.8 Å². The predicted octanol–water partition coefficient (Wildman–Crippen LogP) is 3.48. The molecular weight excluding hydrogens is 244 g/mol. The maximum absolute atomic E-state index is 4.50. The van der Waals surface area contributed by atoms with Crippen molar-refractivity contribution in [3.8, 4) is 0 Å². The summed E-state index contributed by atoms with van der Waals surface area (Å²) in [5.74, 6) is 1.46. The van der Waals surface area contributed by atoms with E-state index in [0.29, 0.717) is 5.95 Å². The molecule has 0 bridgehead atoms. The van der Waals surface area contributed by atoms with Crippen LogP contribution in [0.15, 0.2) is 41.8 Å². The third kappa shape index (κ3) is 2.00. The summed E-state index contributed by atoms with van der Waals surface area (Å²) in [6.07, 6.45) is 0. The summed E-state index contributed by atoms with van der Waals surface area (Å²) >= 11 is 1.61. The van der Waals surface area contributed by atoms with E-state index in [-0.39, 0.29) is 0 Å². The van der Waals surface area contributed by atoms with Crippen LogP contribution in [0.4, 0.5) is 17.5 Å². The molecule has 3 aromatic rings. The molecule has 0 spiro atoms. The highest BCUT2D eigenvalue weighted by atomic mass is 32.1. The van der Waals surface area contributed by atoms with Gasteiger partial charge in [-0.15, -0.1) is 11.3 Å². The first-order valence-electron chi connectivity index (χ1n) is 5.62. The molecular formula is C13H12N4S. The Morgan fingerprint density at radius 3 is 2.67 bits per heavy atom. The van der Waals surface area contributed by atoms with Crippen molar-refractivity contribution in [3.63, 3.8) is 0 Å². The fourth-order valence-corrected chi connectivity index (χ4v) is 2.52. The van der Waals surface area contributed by atoms with Gasteiger partial charge in [0, 0.05) is 12.7 Å². The van der Waals surface area contributed by atoms with Crippen LogP contribution in [-0.4, -0.2) is 17.0 Å². The van der Waals surface area contributed by atoms with Gasteiger partial charge in [0.15, 0.2) is 0 Å². The van der Waals surface area contributed by atoms with Crippen LogP contribution in [0.3, 0.4) is 0 Å². The standard InChI is InChI=1S/C13H12N4S/c1-14-11-10-7-8-18-12(10)17-13(16-11)15-9-5-3-2-4-6-9/h2-8H,1H3,(H2,14,15,16,17). The Morgan fingerprint density at radius 2 is 1.89 bits per heavy atom. The number of para-hydroxylation sites is 1. The second-order valence-electron chi connectivity index (χ2n) is 3.78. The van der Waals surface area contributed by atoms with Gasteiger partial charge in [0.25, 0.3) is 0 Å². The molecule has 0 aliphatic carbocycles. The van der Waals surface area contributed by atoms with Crippen molar-refractivity contribution >= 4 is 39.0 Å². The van der Waals surface area contributed by atoms with Gasteiger partial charge < -0.3 is 10.6 Å². The number of hydrogen-bond donors (Lipinski definition) is 2. The second-order valence-corrected chi connectivity index (χ2v) is 4.67. The number of hydrogen-bond acceptors (Lipinski definition) is 5. The molecule has 0 amide bonds. The van der Waals surface area contributed by atoms with E-state index in [1.165, 1.54) is 0 Å². The summed E-state index contributed by atoms with van der Waals surface area (Å²) in [4.78, 5) is 9.94. The molecule has 4 nitrogen and oxygen atoms in total. The maximum Gasteiger partial charge on any atom is 0.230 e. The van der Waals surface area contributed by atoms with E-state index >= 15 is 0 Å². The van der Waals surface area contributed by atoms with Crippen molar-refractivity contribution in [1.82, 2.24) is 9.97 Å². The molecule has 18 heavy (non-hydrogen) atoms. The van der Waals surface area contributed by atoms with Gasteiger partial charge in [-0.3, -0.25) is 0 Å². The molecule has 5 heteroatoms. The molecule has 2 heterocycles. The Kier molecular flexibility index (Phi) is 2.82. The molecule has 0 unspecified atom stereocenters. The summed E-state index contributed by atoms with van der Waals surface area (Å²) in [6, 6.07) is 11.9. The molecule has 90 valence electrons. The molecule has 0 radical (unpaired) electrons. The van der Waals surface area contributed by atoms with Crippen LogP contribution < -0.4 is 10.6 Å². The summed E-state index contributed by atoms with van der Waals surface area (Å²) in [7, 11) is 1.87. The number of rotatable bonds is 3. The highest BCUT2D eigenvalue weighted by Gasteiger charge is 2.07. The number of nitrogens with one attached hydrogen (secondary N) is 2. The summed E-state index contributed by atoms with van der Waals surface area (Å²) in [5, 5.41) is 9.38. The lowest BCUT2D eigenvalue weighted by molar-refractivity contribution is 1.21. The van der Waals surface area contributed by atoms with Crippen molar-refractivity contribution in [3.05, 3.63) is 41.8 Å². The highest BCUT2D eigenvalue weighted by molar-refractivity contribution is 7.16. The molecule has 2 aromatic heterocycles. The summed E-state index contributed by atoms with van der Waals surface area (Å²) < 4.78 is 0. The van der Waals surface area contributed by atoms with E-state index in [9.17, 15) is 0 Å². The average molecular weight is 256 g/mol. The normalized spacial score (nSPS) is 10.5. The molecule has 2 N–H and O–H groups in total. The first-order valence-corrected chi connectivity index (χ1v) is 6.50. The summed E-state index contributed by atoms with van der Waals surface area (Å²) in [6.45, 7) is 0. The minimum absolute atomic E-state index is 0.612. The molecule has 0 aliphatic rings. The van der Waals surface area contributed by atoms with Crippen molar-refractivity contribution in [1.29, 1.82) is 0 Å². The van der Waals surface area contributed by atoms with Crippen LogP contribution in [0, 0.1) is 0 Å². The summed E-state index contributed by atoms with van der Waals surface area (Å²) in [5.41, 5.74) is 0.982. The Labute approximate surface area is 109 Å². The molecule has 0 saturated carbocycles. The Bertz CT molecular complexity index is 663. The van der Waals surface area contributed by atoms with Crippen molar-refractivity contribution in [2.24, 2.45) is 0 Å². The smallest absolute Gasteiger partial charge is 0.230 e. The number of benzene rings is 1. The SMILES string of the molecule is CNc1nc(Nc2ccccc2)nc2sccc12. The van der Waals surface area contributed by atoms with Gasteiger partial charge in [0.05, 0.1) is 5.39 Å². The third-order valence-corrected chi connectivity index (χ3v) is 3.40. The van der Waals surface area contributed by atoms with E-state index in [4.69, 9.17) is 0 Å². The third-order valence-electron chi connectivity index (χ3n) is 2.59. The van der Waals surface area contributed by atoms with Crippen LogP contribution in [0.5, 0.6) is 0 Å². The number of fused-ring (bicyclic) bond motifs is 1. The quantitative estimate of drug-likeness (QED) is 0.753. The molecule has 3 rings (SSSR count). The fraction of sp³-hybridized carbons (Fsp3) is 0.0769. The van der Waals surface area contributed by atoms with Gasteiger partial charge in [0.1, 0.15) is 10.6 Å². The van der Waals surface area contributed by atoms with E-state index in [2.05, 4.69) is 20.6 Å². The van der Waals surface area contributed by atoms with Gasteiger partial charge in [-0.1, -0.05) is 18.2 Å². The van der Waals surface area contributed by atoms with Crippen molar-refractivity contribution in [2.75, 3.05) is 17.7 Å². The van der Waals surface area contributed by atoms with Gasteiger partial charge in [-0.25, -0.2) is 4.98 Å². The number of anilines is 3. The first-order chi connectivity index (χ1) is 8.86. The van der Waals surface area contributed by atoms with Crippen LogP contribution in [0.1, 0.15) is 0 Å². The van der Waals surface area contributed by atoms with Gasteiger partial charge in [-0.2, -0.15) is 4.98 Å². The number of nitrogens with zero attached hydrogens (tertiary/aromatic N) is 2. The van der Waals surface area contributed by atoms with Gasteiger partial charge in [-0.05, 0) is 23.6 Å². The zero-order valence-corrected chi connectivity index (χ0v) is 10.7. The Hall–Kier alpha value is -2.14. The number of thiophene rings is 1. The van der Waals surface area contributed by atoms with Crippen LogP contribution in [0.25, 0.3) is 10.2 Å². The lowest BCUT2D eigenvalue weighted by Crippen LogP contribution is -2.00. The average Bonchev–Trinajstić information content (AvgIpc) is 2.87. The molecule has 0 fully saturated rings.